The minimum Gasteiger partial charge on any atom is -0.511 e. The molecule has 4 unspecified atom stereocenters. The Morgan fingerprint density at radius 3 is 1.90 bits per heavy atom. The third-order valence-corrected chi connectivity index (χ3v) is 8.56. The summed E-state index contributed by atoms with van der Waals surface area (Å²) in [5.41, 5.74) is 10.1. The first-order valence-corrected chi connectivity index (χ1v) is 14.4. The molecule has 1 aliphatic carbocycles. The van der Waals surface area contributed by atoms with Crippen LogP contribution >= 0.6 is 0 Å². The summed E-state index contributed by atoms with van der Waals surface area (Å²) in [6.45, 7) is 4.00. The second-order valence-electron chi connectivity index (χ2n) is 11.1. The van der Waals surface area contributed by atoms with Crippen LogP contribution in [0.15, 0.2) is 127 Å². The standard InChI is InChI=1S/C36H32N4O2/c1-23-29(33(25-15-7-3-8-16-25)39(37-23)27-19-11-5-12-20-27)31-35(41)32(36(31)42)30-24(2)38-40(28-21-13-6-14-22-28)34(30)26-17-9-4-10-18-26/h3-23,29,31,33,37,41H,1-2H3. The quantitative estimate of drug-likeness (QED) is 0.235. The molecule has 6 heteroatoms. The van der Waals surface area contributed by atoms with Crippen LogP contribution in [-0.4, -0.2) is 26.7 Å². The van der Waals surface area contributed by atoms with Crippen LogP contribution in [0.5, 0.6) is 0 Å². The van der Waals surface area contributed by atoms with Gasteiger partial charge in [0.25, 0.3) is 0 Å². The van der Waals surface area contributed by atoms with E-state index in [0.717, 1.165) is 28.2 Å². The van der Waals surface area contributed by atoms with Gasteiger partial charge in [0.05, 0.1) is 40.3 Å². The lowest BCUT2D eigenvalue weighted by atomic mass is 9.66. The number of nitrogens with zero attached hydrogens (tertiary/aromatic N) is 3. The monoisotopic (exact) mass is 552 g/mol. The molecule has 2 N–H and O–H groups in total. The number of ketones is 1. The summed E-state index contributed by atoms with van der Waals surface area (Å²) in [5.74, 6) is -0.727. The first kappa shape index (κ1) is 26.0. The minimum absolute atomic E-state index is 0.0464. The van der Waals surface area contributed by atoms with Crippen LogP contribution in [0.2, 0.25) is 0 Å². The van der Waals surface area contributed by atoms with Gasteiger partial charge in [-0.1, -0.05) is 97.1 Å². The molecule has 1 saturated heterocycles. The summed E-state index contributed by atoms with van der Waals surface area (Å²) in [4.78, 5) is 14.3. The molecule has 2 heterocycles. The number of aryl methyl sites for hydroxylation is 1. The third-order valence-electron chi connectivity index (χ3n) is 8.56. The van der Waals surface area contributed by atoms with Gasteiger partial charge in [0.15, 0.2) is 5.78 Å². The van der Waals surface area contributed by atoms with Crippen LogP contribution in [0.25, 0.3) is 22.5 Å². The molecular formula is C36H32N4O2. The van der Waals surface area contributed by atoms with E-state index in [0.29, 0.717) is 16.8 Å². The number of Topliss-reactive ketones (excluding diaryl/α,β-unsaturated/α-hetero) is 1. The van der Waals surface area contributed by atoms with E-state index in [1.54, 1.807) is 0 Å². The van der Waals surface area contributed by atoms with E-state index >= 15 is 0 Å². The highest BCUT2D eigenvalue weighted by molar-refractivity contribution is 6.31. The second-order valence-corrected chi connectivity index (χ2v) is 11.1. The Morgan fingerprint density at radius 2 is 1.31 bits per heavy atom. The fourth-order valence-electron chi connectivity index (χ4n) is 6.68. The highest BCUT2D eigenvalue weighted by atomic mass is 16.3. The highest BCUT2D eigenvalue weighted by Gasteiger charge is 2.55. The summed E-state index contributed by atoms with van der Waals surface area (Å²) in [6, 6.07) is 40.0. The van der Waals surface area contributed by atoms with Crippen molar-refractivity contribution >= 4 is 17.0 Å². The van der Waals surface area contributed by atoms with E-state index in [4.69, 9.17) is 5.10 Å². The Bertz CT molecular complexity index is 1770. The summed E-state index contributed by atoms with van der Waals surface area (Å²) in [5, 5.41) is 18.9. The van der Waals surface area contributed by atoms with E-state index in [2.05, 4.69) is 41.6 Å². The van der Waals surface area contributed by atoms with Crippen LogP contribution in [0, 0.1) is 18.8 Å². The molecule has 4 atom stereocenters. The molecule has 208 valence electrons. The molecule has 6 nitrogen and oxygen atoms in total. The number of allylic oxidation sites excluding steroid dienone is 2. The summed E-state index contributed by atoms with van der Waals surface area (Å²) < 4.78 is 1.88. The number of hydrazine groups is 1. The SMILES string of the molecule is Cc1nn(-c2ccccc2)c(-c2ccccc2)c1C1=C(O)C(C2C(C)NN(c3ccccc3)C2c2ccccc2)C1=O. The smallest absolute Gasteiger partial charge is 0.178 e. The zero-order chi connectivity index (χ0) is 28.8. The fraction of sp³-hybridized carbons (Fsp3) is 0.167. The van der Waals surface area contributed by atoms with Crippen LogP contribution in [0.1, 0.15) is 29.8 Å². The Hall–Kier alpha value is -4.94. The average molecular weight is 553 g/mol. The van der Waals surface area contributed by atoms with Gasteiger partial charge in [-0.25, -0.2) is 10.1 Å². The predicted octanol–water partition coefficient (Wildman–Crippen LogP) is 7.09. The van der Waals surface area contributed by atoms with Gasteiger partial charge in [0.2, 0.25) is 0 Å². The number of rotatable bonds is 6. The number of hydrogen-bond acceptors (Lipinski definition) is 5. The van der Waals surface area contributed by atoms with E-state index in [-0.39, 0.29) is 29.5 Å². The molecule has 1 aliphatic heterocycles. The van der Waals surface area contributed by atoms with Crippen molar-refractivity contribution in [3.63, 3.8) is 0 Å². The first-order valence-electron chi connectivity index (χ1n) is 14.4. The molecule has 0 radical (unpaired) electrons. The fourth-order valence-corrected chi connectivity index (χ4v) is 6.68. The molecule has 1 aromatic heterocycles. The lowest BCUT2D eigenvalue weighted by Gasteiger charge is -2.37. The highest BCUT2D eigenvalue weighted by Crippen LogP contribution is 2.52. The zero-order valence-corrected chi connectivity index (χ0v) is 23.6. The van der Waals surface area contributed by atoms with Crippen molar-refractivity contribution in [2.45, 2.75) is 25.9 Å². The number of nitrogens with one attached hydrogen (secondary N) is 1. The normalized spacial score (nSPS) is 22.0. The van der Waals surface area contributed by atoms with Gasteiger partial charge in [0, 0.05) is 23.1 Å². The van der Waals surface area contributed by atoms with Gasteiger partial charge < -0.3 is 10.1 Å². The number of hydrogen-bond donors (Lipinski definition) is 2. The molecule has 7 rings (SSSR count). The molecule has 2 aliphatic rings. The average Bonchev–Trinajstić information content (AvgIpc) is 3.55. The maximum atomic E-state index is 14.3. The van der Waals surface area contributed by atoms with Gasteiger partial charge in [-0.15, -0.1) is 0 Å². The number of para-hydroxylation sites is 2. The first-order chi connectivity index (χ1) is 20.5. The van der Waals surface area contributed by atoms with Crippen molar-refractivity contribution in [1.82, 2.24) is 15.2 Å². The Kier molecular flexibility index (Phi) is 6.48. The molecule has 0 spiro atoms. The van der Waals surface area contributed by atoms with E-state index in [1.165, 1.54) is 0 Å². The van der Waals surface area contributed by atoms with Gasteiger partial charge in [-0.3, -0.25) is 4.79 Å². The second kappa shape index (κ2) is 10.5. The third kappa shape index (κ3) is 4.14. The number of benzene rings is 4. The van der Waals surface area contributed by atoms with Crippen LogP contribution < -0.4 is 10.4 Å². The van der Waals surface area contributed by atoms with Gasteiger partial charge in [-0.05, 0) is 43.7 Å². The summed E-state index contributed by atoms with van der Waals surface area (Å²) in [6.07, 6.45) is 0. The number of carbonyl (C=O) groups excluding carboxylic acids is 1. The van der Waals surface area contributed by atoms with Gasteiger partial charge in [-0.2, -0.15) is 5.10 Å². The van der Waals surface area contributed by atoms with E-state index < -0.39 is 5.92 Å². The maximum Gasteiger partial charge on any atom is 0.178 e. The molecular weight excluding hydrogens is 520 g/mol. The van der Waals surface area contributed by atoms with Gasteiger partial charge >= 0.3 is 0 Å². The number of aliphatic hydroxyl groups excluding tert-OH is 1. The summed E-state index contributed by atoms with van der Waals surface area (Å²) >= 11 is 0. The van der Waals surface area contributed by atoms with Crippen LogP contribution in [-0.2, 0) is 4.79 Å². The largest absolute Gasteiger partial charge is 0.511 e. The topological polar surface area (TPSA) is 70.4 Å². The molecule has 1 fully saturated rings. The predicted molar refractivity (Wildman–Crippen MR) is 166 cm³/mol. The number of carbonyl (C=O) groups is 1. The lowest BCUT2D eigenvalue weighted by Crippen LogP contribution is -2.42. The van der Waals surface area contributed by atoms with Gasteiger partial charge in [0.1, 0.15) is 5.76 Å². The van der Waals surface area contributed by atoms with E-state index in [9.17, 15) is 9.90 Å². The van der Waals surface area contributed by atoms with Crippen molar-refractivity contribution < 1.29 is 9.90 Å². The van der Waals surface area contributed by atoms with Crippen molar-refractivity contribution in [3.8, 4) is 16.9 Å². The molecule has 4 aromatic carbocycles. The Labute approximate surface area is 245 Å². The number of anilines is 1. The molecule has 0 amide bonds. The molecule has 42 heavy (non-hydrogen) atoms. The molecule has 0 saturated carbocycles. The Balaban J connectivity index is 1.36. The zero-order valence-electron chi connectivity index (χ0n) is 23.6. The maximum absolute atomic E-state index is 14.3. The van der Waals surface area contributed by atoms with Crippen molar-refractivity contribution in [3.05, 3.63) is 144 Å². The van der Waals surface area contributed by atoms with E-state index in [1.807, 2.05) is 109 Å². The van der Waals surface area contributed by atoms with Crippen molar-refractivity contribution in [1.29, 1.82) is 0 Å². The van der Waals surface area contributed by atoms with Crippen LogP contribution in [0.3, 0.4) is 0 Å². The molecule has 0 bridgehead atoms. The summed E-state index contributed by atoms with van der Waals surface area (Å²) in [7, 11) is 0. The number of aromatic nitrogens is 2. The minimum atomic E-state index is -0.635. The van der Waals surface area contributed by atoms with Crippen molar-refractivity contribution in [2.24, 2.45) is 11.8 Å². The lowest BCUT2D eigenvalue weighted by molar-refractivity contribution is -0.121. The van der Waals surface area contributed by atoms with Crippen molar-refractivity contribution in [2.75, 3.05) is 5.01 Å². The number of aliphatic hydroxyl groups is 1. The molecule has 5 aromatic rings. The van der Waals surface area contributed by atoms with Crippen LogP contribution in [0.4, 0.5) is 5.69 Å². The Morgan fingerprint density at radius 1 is 0.762 bits per heavy atom.